The average Bonchev–Trinajstić information content (AvgIpc) is 2.55. The smallest absolute Gasteiger partial charge is 0.272 e. The Morgan fingerprint density at radius 1 is 1.21 bits per heavy atom. The molecule has 5 nitrogen and oxygen atoms in total. The van der Waals surface area contributed by atoms with E-state index < -0.39 is 11.7 Å². The largest absolute Gasteiger partial charge is 0.324 e. The third-order valence-corrected chi connectivity index (χ3v) is 3.77. The number of hydrogen-bond donors (Lipinski definition) is 1. The quantitative estimate of drug-likeness (QED) is 0.805. The van der Waals surface area contributed by atoms with Crippen LogP contribution in [0.2, 0.25) is 0 Å². The Morgan fingerprint density at radius 2 is 1.96 bits per heavy atom. The molecule has 0 radical (unpaired) electrons. The summed E-state index contributed by atoms with van der Waals surface area (Å²) in [5.74, 6) is -0.800. The van der Waals surface area contributed by atoms with Gasteiger partial charge in [-0.3, -0.25) is 14.2 Å². The number of aryl methyl sites for hydroxylation is 2. The van der Waals surface area contributed by atoms with Crippen LogP contribution >= 0.6 is 0 Å². The molecule has 122 valence electrons. The molecule has 0 aliphatic rings. The number of hydrogen-bond acceptors (Lipinski definition) is 3. The van der Waals surface area contributed by atoms with Gasteiger partial charge in [0.05, 0.1) is 11.0 Å². The van der Waals surface area contributed by atoms with E-state index in [9.17, 15) is 14.0 Å². The third kappa shape index (κ3) is 3.03. The Balaban J connectivity index is 1.92. The second-order valence-electron chi connectivity index (χ2n) is 5.59. The molecule has 0 bridgehead atoms. The molecule has 2 aromatic carbocycles. The van der Waals surface area contributed by atoms with Crippen molar-refractivity contribution >= 4 is 22.6 Å². The molecule has 0 aliphatic heterocycles. The maximum atomic E-state index is 13.6. The van der Waals surface area contributed by atoms with Crippen LogP contribution in [-0.2, 0) is 11.3 Å². The minimum absolute atomic E-state index is 0.168. The fraction of sp³-hybridized carbons (Fsp3) is 0.167. The maximum Gasteiger partial charge on any atom is 0.272 e. The van der Waals surface area contributed by atoms with Crippen molar-refractivity contribution < 1.29 is 9.18 Å². The summed E-state index contributed by atoms with van der Waals surface area (Å²) in [6.45, 7) is 3.09. The molecule has 1 N–H and O–H groups in total. The zero-order valence-electron chi connectivity index (χ0n) is 13.3. The van der Waals surface area contributed by atoms with Crippen LogP contribution < -0.4 is 10.9 Å². The summed E-state index contributed by atoms with van der Waals surface area (Å²) < 4.78 is 14.9. The van der Waals surface area contributed by atoms with Gasteiger partial charge in [0.1, 0.15) is 18.1 Å². The van der Waals surface area contributed by atoms with Gasteiger partial charge < -0.3 is 5.32 Å². The van der Waals surface area contributed by atoms with Gasteiger partial charge in [-0.1, -0.05) is 18.2 Å². The van der Waals surface area contributed by atoms with Crippen molar-refractivity contribution in [2.45, 2.75) is 20.4 Å². The summed E-state index contributed by atoms with van der Waals surface area (Å²) in [6, 6.07) is 11.6. The SMILES string of the molecule is Cc1ccc(NC(=O)Cn2c(=O)c(C)nc3ccccc32)cc1F. The lowest BCUT2D eigenvalue weighted by molar-refractivity contribution is -0.116. The van der Waals surface area contributed by atoms with Crippen molar-refractivity contribution in [2.24, 2.45) is 0 Å². The van der Waals surface area contributed by atoms with E-state index in [1.54, 1.807) is 44.2 Å². The van der Waals surface area contributed by atoms with E-state index >= 15 is 0 Å². The highest BCUT2D eigenvalue weighted by atomic mass is 19.1. The van der Waals surface area contributed by atoms with Crippen molar-refractivity contribution in [3.8, 4) is 0 Å². The van der Waals surface area contributed by atoms with Crippen LogP contribution in [0.1, 0.15) is 11.3 Å². The summed E-state index contributed by atoms with van der Waals surface area (Å²) >= 11 is 0. The highest BCUT2D eigenvalue weighted by molar-refractivity contribution is 5.91. The van der Waals surface area contributed by atoms with Gasteiger partial charge in [0.15, 0.2) is 0 Å². The fourth-order valence-corrected chi connectivity index (χ4v) is 2.49. The van der Waals surface area contributed by atoms with E-state index in [1.807, 2.05) is 6.07 Å². The number of amides is 1. The first-order chi connectivity index (χ1) is 11.5. The number of rotatable bonds is 3. The molecule has 3 rings (SSSR count). The molecular formula is C18H16FN3O2. The normalized spacial score (nSPS) is 10.8. The van der Waals surface area contributed by atoms with Crippen molar-refractivity contribution in [3.05, 3.63) is 69.9 Å². The molecule has 0 atom stereocenters. The van der Waals surface area contributed by atoms with Gasteiger partial charge in [-0.05, 0) is 43.7 Å². The maximum absolute atomic E-state index is 13.6. The molecule has 0 saturated heterocycles. The van der Waals surface area contributed by atoms with Crippen LogP contribution in [0, 0.1) is 19.7 Å². The number of para-hydroxylation sites is 2. The second-order valence-corrected chi connectivity index (χ2v) is 5.59. The van der Waals surface area contributed by atoms with Gasteiger partial charge in [-0.15, -0.1) is 0 Å². The first-order valence-corrected chi connectivity index (χ1v) is 7.48. The Morgan fingerprint density at radius 3 is 2.71 bits per heavy atom. The Hall–Kier alpha value is -3.02. The van der Waals surface area contributed by atoms with Crippen LogP contribution in [0.25, 0.3) is 11.0 Å². The number of nitrogens with one attached hydrogen (secondary N) is 1. The zero-order chi connectivity index (χ0) is 17.3. The van der Waals surface area contributed by atoms with E-state index in [2.05, 4.69) is 10.3 Å². The van der Waals surface area contributed by atoms with Crippen molar-refractivity contribution in [3.63, 3.8) is 0 Å². The van der Waals surface area contributed by atoms with Crippen LogP contribution in [-0.4, -0.2) is 15.5 Å². The molecule has 3 aromatic rings. The first-order valence-electron chi connectivity index (χ1n) is 7.48. The van der Waals surface area contributed by atoms with Gasteiger partial charge in [0.25, 0.3) is 5.56 Å². The number of carbonyl (C=O) groups excluding carboxylic acids is 1. The van der Waals surface area contributed by atoms with Gasteiger partial charge in [-0.2, -0.15) is 0 Å². The van der Waals surface area contributed by atoms with Crippen LogP contribution in [0.4, 0.5) is 10.1 Å². The molecule has 6 heteroatoms. The molecule has 24 heavy (non-hydrogen) atoms. The third-order valence-electron chi connectivity index (χ3n) is 3.77. The Kier molecular flexibility index (Phi) is 4.12. The fourth-order valence-electron chi connectivity index (χ4n) is 2.49. The number of nitrogens with zero attached hydrogens (tertiary/aromatic N) is 2. The molecule has 0 fully saturated rings. The van der Waals surface area contributed by atoms with Gasteiger partial charge in [-0.25, -0.2) is 9.37 Å². The lowest BCUT2D eigenvalue weighted by Gasteiger charge is -2.11. The molecule has 1 heterocycles. The molecule has 0 saturated carbocycles. The number of aromatic nitrogens is 2. The molecule has 0 aliphatic carbocycles. The summed E-state index contributed by atoms with van der Waals surface area (Å²) in [5.41, 5.74) is 2.08. The van der Waals surface area contributed by atoms with E-state index in [1.165, 1.54) is 10.6 Å². The van der Waals surface area contributed by atoms with Crippen molar-refractivity contribution in [2.75, 3.05) is 5.32 Å². The molecule has 0 spiro atoms. The predicted molar refractivity (Wildman–Crippen MR) is 90.5 cm³/mol. The van der Waals surface area contributed by atoms with Crippen LogP contribution in [0.5, 0.6) is 0 Å². The number of anilines is 1. The van der Waals surface area contributed by atoms with Crippen LogP contribution in [0.15, 0.2) is 47.3 Å². The minimum Gasteiger partial charge on any atom is -0.324 e. The predicted octanol–water partition coefficient (Wildman–Crippen LogP) is 2.79. The number of carbonyl (C=O) groups is 1. The van der Waals surface area contributed by atoms with Gasteiger partial charge in [0, 0.05) is 5.69 Å². The van der Waals surface area contributed by atoms with E-state index in [0.29, 0.717) is 28.0 Å². The highest BCUT2D eigenvalue weighted by Gasteiger charge is 2.12. The lowest BCUT2D eigenvalue weighted by atomic mass is 10.2. The van der Waals surface area contributed by atoms with E-state index in [4.69, 9.17) is 0 Å². The summed E-state index contributed by atoms with van der Waals surface area (Å²) in [7, 11) is 0. The molecule has 0 unspecified atom stereocenters. The van der Waals surface area contributed by atoms with E-state index in [0.717, 1.165) is 0 Å². The molecule has 1 amide bonds. The summed E-state index contributed by atoms with van der Waals surface area (Å²) in [6.07, 6.45) is 0. The minimum atomic E-state index is -0.406. The standard InChI is InChI=1S/C18H16FN3O2/c1-11-7-8-13(9-14(11)19)21-17(23)10-22-16-6-4-3-5-15(16)20-12(2)18(22)24/h3-9H,10H2,1-2H3,(H,21,23). The number of halogens is 1. The molecule has 1 aromatic heterocycles. The molecular weight excluding hydrogens is 309 g/mol. The first kappa shape index (κ1) is 15.9. The topological polar surface area (TPSA) is 64.0 Å². The average molecular weight is 325 g/mol. The second kappa shape index (κ2) is 6.23. The Bertz CT molecular complexity index is 995. The monoisotopic (exact) mass is 325 g/mol. The summed E-state index contributed by atoms with van der Waals surface area (Å²) in [4.78, 5) is 28.8. The van der Waals surface area contributed by atoms with Crippen molar-refractivity contribution in [1.82, 2.24) is 9.55 Å². The number of benzene rings is 2. The van der Waals surface area contributed by atoms with E-state index in [-0.39, 0.29) is 12.1 Å². The summed E-state index contributed by atoms with van der Waals surface area (Å²) in [5, 5.41) is 2.61. The lowest BCUT2D eigenvalue weighted by Crippen LogP contribution is -2.30. The highest BCUT2D eigenvalue weighted by Crippen LogP contribution is 2.14. The number of fused-ring (bicyclic) bond motifs is 1. The van der Waals surface area contributed by atoms with Crippen LogP contribution in [0.3, 0.4) is 0 Å². The van der Waals surface area contributed by atoms with Crippen molar-refractivity contribution in [1.29, 1.82) is 0 Å². The van der Waals surface area contributed by atoms with Gasteiger partial charge in [0.2, 0.25) is 5.91 Å². The zero-order valence-corrected chi connectivity index (χ0v) is 13.3. The Labute approximate surface area is 137 Å². The van der Waals surface area contributed by atoms with Gasteiger partial charge >= 0.3 is 0 Å².